The fourth-order valence-electron chi connectivity index (χ4n) is 2.10. The molecule has 3 rings (SSSR count). The van der Waals surface area contributed by atoms with Gasteiger partial charge in [-0.05, 0) is 13.8 Å². The molecule has 1 amide bonds. The first-order valence-electron chi connectivity index (χ1n) is 7.01. The van der Waals surface area contributed by atoms with Gasteiger partial charge in [-0.2, -0.15) is 5.10 Å². The lowest BCUT2D eigenvalue weighted by Gasteiger charge is -2.10. The molecule has 0 fully saturated rings. The molecule has 0 aliphatic rings. The Bertz CT molecular complexity index is 776. The van der Waals surface area contributed by atoms with Crippen LogP contribution in [0.25, 0.3) is 10.6 Å². The van der Waals surface area contributed by atoms with Crippen LogP contribution in [-0.2, 0) is 0 Å². The first kappa shape index (κ1) is 14.5. The molecule has 6 heteroatoms. The topological polar surface area (TPSA) is 59.8 Å². The zero-order chi connectivity index (χ0) is 15.5. The SMILES string of the molecule is CC(C)n1nccc1NC(=O)c1csc(-c2ccccc2)n1. The van der Waals surface area contributed by atoms with Crippen LogP contribution in [0.4, 0.5) is 5.82 Å². The van der Waals surface area contributed by atoms with Gasteiger partial charge in [0.05, 0.1) is 6.20 Å². The Hall–Kier alpha value is -2.47. The van der Waals surface area contributed by atoms with E-state index in [-0.39, 0.29) is 11.9 Å². The Morgan fingerprint density at radius 3 is 2.73 bits per heavy atom. The van der Waals surface area contributed by atoms with E-state index in [0.717, 1.165) is 10.6 Å². The van der Waals surface area contributed by atoms with E-state index in [0.29, 0.717) is 11.5 Å². The number of hydrogen-bond donors (Lipinski definition) is 1. The monoisotopic (exact) mass is 312 g/mol. The van der Waals surface area contributed by atoms with Crippen LogP contribution < -0.4 is 5.32 Å². The number of rotatable bonds is 4. The maximum absolute atomic E-state index is 12.3. The average molecular weight is 312 g/mol. The molecule has 0 atom stereocenters. The molecule has 0 saturated carbocycles. The Balaban J connectivity index is 1.79. The fraction of sp³-hybridized carbons (Fsp3) is 0.188. The molecule has 2 heterocycles. The average Bonchev–Trinajstić information content (AvgIpc) is 3.17. The van der Waals surface area contributed by atoms with Gasteiger partial charge in [0.25, 0.3) is 5.91 Å². The number of hydrogen-bond acceptors (Lipinski definition) is 4. The number of carbonyl (C=O) groups excluding carboxylic acids is 1. The van der Waals surface area contributed by atoms with E-state index in [4.69, 9.17) is 0 Å². The minimum absolute atomic E-state index is 0.181. The maximum atomic E-state index is 12.3. The molecule has 2 aromatic heterocycles. The Labute approximate surface area is 132 Å². The van der Waals surface area contributed by atoms with E-state index < -0.39 is 0 Å². The summed E-state index contributed by atoms with van der Waals surface area (Å²) < 4.78 is 1.77. The van der Waals surface area contributed by atoms with Crippen molar-refractivity contribution < 1.29 is 4.79 Å². The molecule has 1 N–H and O–H groups in total. The van der Waals surface area contributed by atoms with Crippen molar-refractivity contribution in [3.05, 3.63) is 53.7 Å². The van der Waals surface area contributed by atoms with Gasteiger partial charge in [-0.3, -0.25) is 4.79 Å². The smallest absolute Gasteiger partial charge is 0.276 e. The molecule has 3 aromatic rings. The largest absolute Gasteiger partial charge is 0.305 e. The van der Waals surface area contributed by atoms with Gasteiger partial charge < -0.3 is 5.32 Å². The molecule has 1 aromatic carbocycles. The summed E-state index contributed by atoms with van der Waals surface area (Å²) in [5.41, 5.74) is 1.43. The van der Waals surface area contributed by atoms with E-state index in [1.165, 1.54) is 11.3 Å². The van der Waals surface area contributed by atoms with Crippen LogP contribution in [0.3, 0.4) is 0 Å². The van der Waals surface area contributed by atoms with Crippen LogP contribution in [0.1, 0.15) is 30.4 Å². The van der Waals surface area contributed by atoms with Gasteiger partial charge >= 0.3 is 0 Å². The summed E-state index contributed by atoms with van der Waals surface area (Å²) in [6, 6.07) is 11.8. The van der Waals surface area contributed by atoms with Crippen LogP contribution in [0.2, 0.25) is 0 Å². The zero-order valence-electron chi connectivity index (χ0n) is 12.4. The molecule has 0 radical (unpaired) electrons. The van der Waals surface area contributed by atoms with E-state index in [9.17, 15) is 4.79 Å². The molecule has 22 heavy (non-hydrogen) atoms. The van der Waals surface area contributed by atoms with E-state index in [1.807, 2.05) is 44.2 Å². The first-order chi connectivity index (χ1) is 10.6. The molecule has 0 spiro atoms. The third kappa shape index (κ3) is 2.92. The van der Waals surface area contributed by atoms with E-state index in [1.54, 1.807) is 22.3 Å². The van der Waals surface area contributed by atoms with Crippen LogP contribution in [0.5, 0.6) is 0 Å². The molecular formula is C16H16N4OS. The van der Waals surface area contributed by atoms with Gasteiger partial charge in [0.15, 0.2) is 0 Å². The summed E-state index contributed by atoms with van der Waals surface area (Å²) in [4.78, 5) is 16.7. The molecule has 0 aliphatic heterocycles. The number of benzene rings is 1. The lowest BCUT2D eigenvalue weighted by atomic mass is 10.2. The predicted molar refractivity (Wildman–Crippen MR) is 88.1 cm³/mol. The minimum Gasteiger partial charge on any atom is -0.305 e. The maximum Gasteiger partial charge on any atom is 0.276 e. The highest BCUT2D eigenvalue weighted by molar-refractivity contribution is 7.13. The van der Waals surface area contributed by atoms with Gasteiger partial charge in [0, 0.05) is 23.1 Å². The van der Waals surface area contributed by atoms with Crippen molar-refractivity contribution in [3.8, 4) is 10.6 Å². The molecule has 0 unspecified atom stereocenters. The lowest BCUT2D eigenvalue weighted by Crippen LogP contribution is -2.17. The Kier molecular flexibility index (Phi) is 4.02. The minimum atomic E-state index is -0.221. The number of amides is 1. The van der Waals surface area contributed by atoms with Crippen LogP contribution >= 0.6 is 11.3 Å². The summed E-state index contributed by atoms with van der Waals surface area (Å²) in [5, 5.41) is 9.67. The summed E-state index contributed by atoms with van der Waals surface area (Å²) in [6.07, 6.45) is 1.67. The van der Waals surface area contributed by atoms with Gasteiger partial charge in [0.2, 0.25) is 0 Å². The summed E-state index contributed by atoms with van der Waals surface area (Å²) >= 11 is 1.46. The molecule has 0 saturated heterocycles. The second-order valence-electron chi connectivity index (χ2n) is 5.11. The zero-order valence-corrected chi connectivity index (χ0v) is 13.2. The molecule has 0 aliphatic carbocycles. The molecule has 5 nitrogen and oxygen atoms in total. The van der Waals surface area contributed by atoms with Gasteiger partial charge in [-0.25, -0.2) is 9.67 Å². The van der Waals surface area contributed by atoms with Crippen molar-refractivity contribution in [2.24, 2.45) is 0 Å². The quantitative estimate of drug-likeness (QED) is 0.796. The standard InChI is InChI=1S/C16H16N4OS/c1-11(2)20-14(8-9-17-20)19-15(21)13-10-22-16(18-13)12-6-4-3-5-7-12/h3-11H,1-2H3,(H,19,21). The van der Waals surface area contributed by atoms with E-state index >= 15 is 0 Å². The van der Waals surface area contributed by atoms with Crippen LogP contribution in [-0.4, -0.2) is 20.7 Å². The highest BCUT2D eigenvalue weighted by Crippen LogP contribution is 2.24. The predicted octanol–water partition coefficient (Wildman–Crippen LogP) is 3.84. The third-order valence-electron chi connectivity index (χ3n) is 3.16. The van der Waals surface area contributed by atoms with Crippen molar-refractivity contribution >= 4 is 23.1 Å². The number of aromatic nitrogens is 3. The lowest BCUT2D eigenvalue weighted by molar-refractivity contribution is 0.102. The Morgan fingerprint density at radius 2 is 2.00 bits per heavy atom. The van der Waals surface area contributed by atoms with Crippen LogP contribution in [0.15, 0.2) is 48.0 Å². The van der Waals surface area contributed by atoms with E-state index in [2.05, 4.69) is 15.4 Å². The van der Waals surface area contributed by atoms with Crippen molar-refractivity contribution in [2.45, 2.75) is 19.9 Å². The number of anilines is 1. The normalized spacial score (nSPS) is 10.9. The van der Waals surface area contributed by atoms with Crippen LogP contribution in [0, 0.1) is 0 Å². The fourth-order valence-corrected chi connectivity index (χ4v) is 2.90. The number of nitrogens with zero attached hydrogens (tertiary/aromatic N) is 3. The van der Waals surface area contributed by atoms with Gasteiger partial charge in [0.1, 0.15) is 16.5 Å². The molecule has 0 bridgehead atoms. The second-order valence-corrected chi connectivity index (χ2v) is 5.97. The molecule has 112 valence electrons. The van der Waals surface area contributed by atoms with Crippen molar-refractivity contribution in [1.82, 2.24) is 14.8 Å². The van der Waals surface area contributed by atoms with Gasteiger partial charge in [-0.15, -0.1) is 11.3 Å². The highest BCUT2D eigenvalue weighted by atomic mass is 32.1. The van der Waals surface area contributed by atoms with Crippen molar-refractivity contribution in [3.63, 3.8) is 0 Å². The summed E-state index contributed by atoms with van der Waals surface area (Å²) in [7, 11) is 0. The Morgan fingerprint density at radius 1 is 1.23 bits per heavy atom. The second kappa shape index (κ2) is 6.11. The number of nitrogens with one attached hydrogen (secondary N) is 1. The van der Waals surface area contributed by atoms with Gasteiger partial charge in [-0.1, -0.05) is 30.3 Å². The highest BCUT2D eigenvalue weighted by Gasteiger charge is 2.14. The van der Waals surface area contributed by atoms with Crippen molar-refractivity contribution in [2.75, 3.05) is 5.32 Å². The van der Waals surface area contributed by atoms with Crippen molar-refractivity contribution in [1.29, 1.82) is 0 Å². The number of thiazole rings is 1. The number of carbonyl (C=O) groups is 1. The third-order valence-corrected chi connectivity index (χ3v) is 4.05. The first-order valence-corrected chi connectivity index (χ1v) is 7.89. The summed E-state index contributed by atoms with van der Waals surface area (Å²) in [6.45, 7) is 4.03. The molecular weight excluding hydrogens is 296 g/mol. The summed E-state index contributed by atoms with van der Waals surface area (Å²) in [5.74, 6) is 0.454.